The van der Waals surface area contributed by atoms with Crippen LogP contribution >= 0.6 is 0 Å². The Morgan fingerprint density at radius 3 is 2.79 bits per heavy atom. The molecule has 3 nitrogen and oxygen atoms in total. The van der Waals surface area contributed by atoms with E-state index in [1.165, 1.54) is 49.0 Å². The molecule has 0 radical (unpaired) electrons. The Labute approximate surface area is 114 Å². The number of imidazole rings is 1. The molecule has 19 heavy (non-hydrogen) atoms. The Bertz CT molecular complexity index is 604. The molecule has 2 aliphatic rings. The van der Waals surface area contributed by atoms with Gasteiger partial charge in [-0.25, -0.2) is 4.98 Å². The highest BCUT2D eigenvalue weighted by molar-refractivity contribution is 5.77. The fraction of sp³-hybridized carbons (Fsp3) is 0.562. The zero-order valence-corrected chi connectivity index (χ0v) is 11.5. The van der Waals surface area contributed by atoms with Crippen molar-refractivity contribution in [3.05, 3.63) is 29.6 Å². The van der Waals surface area contributed by atoms with Gasteiger partial charge in [0.15, 0.2) is 0 Å². The largest absolute Gasteiger partial charge is 0.331 e. The summed E-state index contributed by atoms with van der Waals surface area (Å²) in [7, 11) is 2.18. The van der Waals surface area contributed by atoms with Crippen LogP contribution in [0.4, 0.5) is 0 Å². The summed E-state index contributed by atoms with van der Waals surface area (Å²) in [4.78, 5) is 4.84. The van der Waals surface area contributed by atoms with E-state index in [2.05, 4.69) is 35.1 Å². The number of rotatable bonds is 2. The van der Waals surface area contributed by atoms with Gasteiger partial charge < -0.3 is 9.88 Å². The summed E-state index contributed by atoms with van der Waals surface area (Å²) in [5, 5.41) is 3.58. The molecule has 1 saturated carbocycles. The molecule has 1 saturated heterocycles. The van der Waals surface area contributed by atoms with E-state index in [9.17, 15) is 0 Å². The van der Waals surface area contributed by atoms with Gasteiger partial charge in [-0.2, -0.15) is 0 Å². The molecule has 0 amide bonds. The molecule has 100 valence electrons. The van der Waals surface area contributed by atoms with Crippen LogP contribution in [0.1, 0.15) is 55.5 Å². The predicted molar refractivity (Wildman–Crippen MR) is 77.3 cm³/mol. The van der Waals surface area contributed by atoms with Crippen LogP contribution < -0.4 is 5.32 Å². The number of aryl methyl sites for hydroxylation is 1. The zero-order chi connectivity index (χ0) is 12.8. The second-order valence-corrected chi connectivity index (χ2v) is 6.05. The molecule has 2 heterocycles. The lowest BCUT2D eigenvalue weighted by molar-refractivity contribution is 0.394. The third-order valence-electron chi connectivity index (χ3n) is 4.87. The summed E-state index contributed by atoms with van der Waals surface area (Å²) < 4.78 is 2.32. The van der Waals surface area contributed by atoms with Gasteiger partial charge in [0.05, 0.1) is 11.0 Å². The number of nitrogens with one attached hydrogen (secondary N) is 1. The predicted octanol–water partition coefficient (Wildman–Crippen LogP) is 3.27. The van der Waals surface area contributed by atoms with Crippen LogP contribution in [-0.4, -0.2) is 16.1 Å². The third kappa shape index (κ3) is 1.79. The van der Waals surface area contributed by atoms with E-state index < -0.39 is 0 Å². The average molecular weight is 255 g/mol. The molecule has 1 N–H and O–H groups in total. The Morgan fingerprint density at radius 2 is 2.11 bits per heavy atom. The first kappa shape index (κ1) is 11.5. The summed E-state index contributed by atoms with van der Waals surface area (Å²) in [6.45, 7) is 1.15. The van der Waals surface area contributed by atoms with Gasteiger partial charge in [-0.15, -0.1) is 0 Å². The van der Waals surface area contributed by atoms with E-state index in [-0.39, 0.29) is 0 Å². The van der Waals surface area contributed by atoms with Crippen LogP contribution in [0, 0.1) is 0 Å². The summed E-state index contributed by atoms with van der Waals surface area (Å²) >= 11 is 0. The van der Waals surface area contributed by atoms with Crippen LogP contribution in [0.2, 0.25) is 0 Å². The Balaban J connectivity index is 1.77. The molecule has 1 atom stereocenters. The maximum Gasteiger partial charge on any atom is 0.112 e. The first-order chi connectivity index (χ1) is 9.33. The fourth-order valence-corrected chi connectivity index (χ4v) is 3.44. The minimum absolute atomic E-state index is 0.548. The van der Waals surface area contributed by atoms with E-state index in [1.807, 2.05) is 0 Å². The minimum atomic E-state index is 0.548. The Morgan fingerprint density at radius 1 is 1.21 bits per heavy atom. The van der Waals surface area contributed by atoms with Crippen molar-refractivity contribution in [1.82, 2.24) is 14.9 Å². The van der Waals surface area contributed by atoms with Crippen LogP contribution in [0.5, 0.6) is 0 Å². The third-order valence-corrected chi connectivity index (χ3v) is 4.87. The molecule has 2 aromatic rings. The number of fused-ring (bicyclic) bond motifs is 1. The SMILES string of the molecule is Cn1c(C2CCC2)nc2ccc(C3CCCN3)cc21. The van der Waals surface area contributed by atoms with Gasteiger partial charge in [0.25, 0.3) is 0 Å². The molecule has 1 unspecified atom stereocenters. The van der Waals surface area contributed by atoms with Crippen LogP contribution in [0.3, 0.4) is 0 Å². The van der Waals surface area contributed by atoms with E-state index in [1.54, 1.807) is 0 Å². The standard InChI is InChI=1S/C16H21N3/c1-19-15-10-12(13-6-3-9-17-13)7-8-14(15)18-16(19)11-4-2-5-11/h7-8,10-11,13,17H,2-6,9H2,1H3. The van der Waals surface area contributed by atoms with E-state index in [4.69, 9.17) is 4.98 Å². The lowest BCUT2D eigenvalue weighted by Crippen LogP contribution is -2.14. The minimum Gasteiger partial charge on any atom is -0.331 e. The van der Waals surface area contributed by atoms with Crippen LogP contribution in [-0.2, 0) is 7.05 Å². The lowest BCUT2D eigenvalue weighted by Gasteiger charge is -2.24. The van der Waals surface area contributed by atoms with Crippen molar-refractivity contribution in [2.45, 2.75) is 44.1 Å². The van der Waals surface area contributed by atoms with Crippen molar-refractivity contribution in [3.63, 3.8) is 0 Å². The smallest absolute Gasteiger partial charge is 0.112 e. The van der Waals surface area contributed by atoms with Crippen molar-refractivity contribution < 1.29 is 0 Å². The Kier molecular flexibility index (Phi) is 2.62. The van der Waals surface area contributed by atoms with E-state index in [0.29, 0.717) is 12.0 Å². The number of hydrogen-bond donors (Lipinski definition) is 1. The molecule has 1 aromatic carbocycles. The maximum absolute atomic E-state index is 4.84. The molecular weight excluding hydrogens is 234 g/mol. The van der Waals surface area contributed by atoms with E-state index in [0.717, 1.165) is 12.1 Å². The first-order valence-corrected chi connectivity index (χ1v) is 7.52. The van der Waals surface area contributed by atoms with Crippen molar-refractivity contribution in [3.8, 4) is 0 Å². The van der Waals surface area contributed by atoms with E-state index >= 15 is 0 Å². The fourth-order valence-electron chi connectivity index (χ4n) is 3.44. The van der Waals surface area contributed by atoms with Gasteiger partial charge in [-0.05, 0) is 49.9 Å². The average Bonchev–Trinajstić information content (AvgIpc) is 2.97. The van der Waals surface area contributed by atoms with Gasteiger partial charge in [0.2, 0.25) is 0 Å². The van der Waals surface area contributed by atoms with Gasteiger partial charge >= 0.3 is 0 Å². The normalized spacial score (nSPS) is 23.9. The molecule has 2 fully saturated rings. The molecule has 1 aliphatic carbocycles. The van der Waals surface area contributed by atoms with Gasteiger partial charge in [-0.1, -0.05) is 12.5 Å². The van der Waals surface area contributed by atoms with Gasteiger partial charge in [-0.3, -0.25) is 0 Å². The van der Waals surface area contributed by atoms with Crippen molar-refractivity contribution in [2.24, 2.45) is 7.05 Å². The quantitative estimate of drug-likeness (QED) is 0.892. The van der Waals surface area contributed by atoms with Gasteiger partial charge in [0.1, 0.15) is 5.82 Å². The van der Waals surface area contributed by atoms with Crippen molar-refractivity contribution >= 4 is 11.0 Å². The number of aromatic nitrogens is 2. The summed E-state index contributed by atoms with van der Waals surface area (Å²) in [6, 6.07) is 7.34. The highest BCUT2D eigenvalue weighted by atomic mass is 15.1. The molecule has 0 spiro atoms. The van der Waals surface area contributed by atoms with Crippen LogP contribution in [0.25, 0.3) is 11.0 Å². The molecule has 0 bridgehead atoms. The summed E-state index contributed by atoms with van der Waals surface area (Å²) in [6.07, 6.45) is 6.55. The number of benzene rings is 1. The highest BCUT2D eigenvalue weighted by Crippen LogP contribution is 2.37. The second kappa shape index (κ2) is 4.34. The number of hydrogen-bond acceptors (Lipinski definition) is 2. The summed E-state index contributed by atoms with van der Waals surface area (Å²) in [5.74, 6) is 1.99. The lowest BCUT2D eigenvalue weighted by atomic mass is 9.85. The maximum atomic E-state index is 4.84. The topological polar surface area (TPSA) is 29.9 Å². The Hall–Kier alpha value is -1.35. The second-order valence-electron chi connectivity index (χ2n) is 6.05. The highest BCUT2D eigenvalue weighted by Gasteiger charge is 2.25. The van der Waals surface area contributed by atoms with Crippen LogP contribution in [0.15, 0.2) is 18.2 Å². The van der Waals surface area contributed by atoms with Gasteiger partial charge in [0, 0.05) is 19.0 Å². The monoisotopic (exact) mass is 255 g/mol. The summed E-state index contributed by atoms with van der Waals surface area (Å²) in [5.41, 5.74) is 3.88. The van der Waals surface area contributed by atoms with Crippen molar-refractivity contribution in [2.75, 3.05) is 6.54 Å². The molecule has 1 aromatic heterocycles. The molecule has 1 aliphatic heterocycles. The first-order valence-electron chi connectivity index (χ1n) is 7.52. The molecule has 4 rings (SSSR count). The van der Waals surface area contributed by atoms with Crippen molar-refractivity contribution in [1.29, 1.82) is 0 Å². The molecular formula is C16H21N3. The number of nitrogens with zero attached hydrogens (tertiary/aromatic N) is 2. The molecule has 3 heteroatoms. The zero-order valence-electron chi connectivity index (χ0n) is 11.5.